The highest BCUT2D eigenvalue weighted by Gasteiger charge is 2.13. The van der Waals surface area contributed by atoms with Crippen molar-refractivity contribution in [2.24, 2.45) is 5.92 Å². The lowest BCUT2D eigenvalue weighted by Gasteiger charge is -2.13. The summed E-state index contributed by atoms with van der Waals surface area (Å²) < 4.78 is 4.88. The van der Waals surface area contributed by atoms with E-state index in [1.54, 1.807) is 0 Å². The Bertz CT molecular complexity index is 134. The summed E-state index contributed by atoms with van der Waals surface area (Å²) in [7, 11) is 4.00. The highest BCUT2D eigenvalue weighted by Crippen LogP contribution is 2.04. The average Bonchev–Trinajstić information content (AvgIpc) is 2.00. The van der Waals surface area contributed by atoms with Crippen molar-refractivity contribution in [1.82, 2.24) is 4.90 Å². The van der Waals surface area contributed by atoms with Crippen LogP contribution >= 0.6 is 0 Å². The predicted molar refractivity (Wildman–Crippen MR) is 49.0 cm³/mol. The van der Waals surface area contributed by atoms with Gasteiger partial charge in [-0.25, -0.2) is 0 Å². The SMILES string of the molecule is CCOC(=O)C(C)CCN(C)C. The Labute approximate surface area is 74.7 Å². The van der Waals surface area contributed by atoms with Crippen molar-refractivity contribution in [3.8, 4) is 0 Å². The van der Waals surface area contributed by atoms with Crippen LogP contribution in [0.1, 0.15) is 20.3 Å². The van der Waals surface area contributed by atoms with Gasteiger partial charge in [-0.15, -0.1) is 0 Å². The molecular formula is C9H19NO2. The summed E-state index contributed by atoms with van der Waals surface area (Å²) in [6.45, 7) is 5.14. The van der Waals surface area contributed by atoms with Crippen LogP contribution in [-0.4, -0.2) is 38.1 Å². The van der Waals surface area contributed by atoms with Crippen LogP contribution < -0.4 is 0 Å². The van der Waals surface area contributed by atoms with Gasteiger partial charge in [-0.3, -0.25) is 4.79 Å². The lowest BCUT2D eigenvalue weighted by Crippen LogP contribution is -2.21. The average molecular weight is 173 g/mol. The lowest BCUT2D eigenvalue weighted by atomic mass is 10.1. The van der Waals surface area contributed by atoms with Crippen LogP contribution in [0.2, 0.25) is 0 Å². The summed E-state index contributed by atoms with van der Waals surface area (Å²) in [5.74, 6) is -0.0632. The number of ether oxygens (including phenoxy) is 1. The molecule has 3 nitrogen and oxygen atoms in total. The number of hydrogen-bond donors (Lipinski definition) is 0. The molecule has 0 rings (SSSR count). The van der Waals surface area contributed by atoms with Crippen LogP contribution in [0.5, 0.6) is 0 Å². The van der Waals surface area contributed by atoms with Gasteiger partial charge in [0.25, 0.3) is 0 Å². The molecule has 0 aliphatic carbocycles. The summed E-state index contributed by atoms with van der Waals surface area (Å²) in [5.41, 5.74) is 0. The Morgan fingerprint density at radius 2 is 2.08 bits per heavy atom. The van der Waals surface area contributed by atoms with Crippen molar-refractivity contribution in [2.45, 2.75) is 20.3 Å². The van der Waals surface area contributed by atoms with Crippen LogP contribution in [0, 0.1) is 5.92 Å². The molecule has 0 aliphatic rings. The highest BCUT2D eigenvalue weighted by molar-refractivity contribution is 5.71. The summed E-state index contributed by atoms with van der Waals surface area (Å²) in [5, 5.41) is 0. The maximum Gasteiger partial charge on any atom is 0.308 e. The minimum absolute atomic E-state index is 0.0207. The first-order valence-corrected chi connectivity index (χ1v) is 4.39. The number of carbonyl (C=O) groups excluding carboxylic acids is 1. The second-order valence-corrected chi connectivity index (χ2v) is 3.25. The van der Waals surface area contributed by atoms with Gasteiger partial charge < -0.3 is 9.64 Å². The molecule has 0 heterocycles. The molecule has 0 spiro atoms. The number of hydrogen-bond acceptors (Lipinski definition) is 3. The minimum Gasteiger partial charge on any atom is -0.466 e. The van der Waals surface area contributed by atoms with E-state index in [2.05, 4.69) is 4.90 Å². The van der Waals surface area contributed by atoms with Gasteiger partial charge >= 0.3 is 5.97 Å². The molecular weight excluding hydrogens is 154 g/mol. The molecule has 1 atom stereocenters. The van der Waals surface area contributed by atoms with Crippen LogP contribution in [0.4, 0.5) is 0 Å². The normalized spacial score (nSPS) is 13.1. The van der Waals surface area contributed by atoms with Crippen LogP contribution in [0.25, 0.3) is 0 Å². The number of carbonyl (C=O) groups is 1. The minimum atomic E-state index is -0.0839. The van der Waals surface area contributed by atoms with Crippen LogP contribution in [0.3, 0.4) is 0 Å². The van der Waals surface area contributed by atoms with Gasteiger partial charge in [-0.05, 0) is 34.0 Å². The molecule has 1 unspecified atom stereocenters. The Hall–Kier alpha value is -0.570. The summed E-state index contributed by atoms with van der Waals surface area (Å²) in [4.78, 5) is 13.2. The molecule has 0 fully saturated rings. The molecule has 12 heavy (non-hydrogen) atoms. The zero-order chi connectivity index (χ0) is 9.56. The fourth-order valence-corrected chi connectivity index (χ4v) is 0.854. The first kappa shape index (κ1) is 11.4. The van der Waals surface area contributed by atoms with E-state index in [1.807, 2.05) is 27.9 Å². The second kappa shape index (κ2) is 6.00. The molecule has 0 aromatic carbocycles. The van der Waals surface area contributed by atoms with E-state index in [0.717, 1.165) is 13.0 Å². The van der Waals surface area contributed by atoms with E-state index in [4.69, 9.17) is 4.74 Å². The molecule has 0 radical (unpaired) electrons. The molecule has 0 aromatic heterocycles. The predicted octanol–water partition coefficient (Wildman–Crippen LogP) is 1.14. The molecule has 3 heteroatoms. The van der Waals surface area contributed by atoms with Crippen molar-refractivity contribution < 1.29 is 9.53 Å². The third-order valence-corrected chi connectivity index (χ3v) is 1.70. The van der Waals surface area contributed by atoms with Gasteiger partial charge in [0.05, 0.1) is 12.5 Å². The van der Waals surface area contributed by atoms with Gasteiger partial charge in [-0.1, -0.05) is 6.92 Å². The molecule has 72 valence electrons. The largest absolute Gasteiger partial charge is 0.466 e. The summed E-state index contributed by atoms with van der Waals surface area (Å²) in [6, 6.07) is 0. The van der Waals surface area contributed by atoms with E-state index < -0.39 is 0 Å². The zero-order valence-electron chi connectivity index (χ0n) is 8.46. The van der Waals surface area contributed by atoms with E-state index in [-0.39, 0.29) is 11.9 Å². The quantitative estimate of drug-likeness (QED) is 0.584. The highest BCUT2D eigenvalue weighted by atomic mass is 16.5. The number of esters is 1. The van der Waals surface area contributed by atoms with E-state index in [9.17, 15) is 4.79 Å². The number of nitrogens with zero attached hydrogens (tertiary/aromatic N) is 1. The lowest BCUT2D eigenvalue weighted by molar-refractivity contribution is -0.147. The summed E-state index contributed by atoms with van der Waals surface area (Å²) >= 11 is 0. The molecule has 0 aliphatic heterocycles. The molecule has 0 N–H and O–H groups in total. The molecule has 0 bridgehead atoms. The van der Waals surface area contributed by atoms with Crippen molar-refractivity contribution >= 4 is 5.97 Å². The third kappa shape index (κ3) is 5.13. The second-order valence-electron chi connectivity index (χ2n) is 3.25. The molecule has 0 saturated carbocycles. The van der Waals surface area contributed by atoms with Gasteiger partial charge in [0.2, 0.25) is 0 Å². The Morgan fingerprint density at radius 1 is 1.50 bits per heavy atom. The van der Waals surface area contributed by atoms with E-state index in [1.165, 1.54) is 0 Å². The van der Waals surface area contributed by atoms with Gasteiger partial charge in [0.15, 0.2) is 0 Å². The van der Waals surface area contributed by atoms with Crippen LogP contribution in [-0.2, 0) is 9.53 Å². The molecule has 0 saturated heterocycles. The topological polar surface area (TPSA) is 29.5 Å². The first-order chi connectivity index (χ1) is 5.57. The Balaban J connectivity index is 3.56. The molecule has 0 amide bonds. The fourth-order valence-electron chi connectivity index (χ4n) is 0.854. The fraction of sp³-hybridized carbons (Fsp3) is 0.889. The molecule has 0 aromatic rings. The smallest absolute Gasteiger partial charge is 0.308 e. The monoisotopic (exact) mass is 173 g/mol. The van der Waals surface area contributed by atoms with Gasteiger partial charge in [-0.2, -0.15) is 0 Å². The van der Waals surface area contributed by atoms with Crippen molar-refractivity contribution in [1.29, 1.82) is 0 Å². The first-order valence-electron chi connectivity index (χ1n) is 4.39. The standard InChI is InChI=1S/C9H19NO2/c1-5-12-9(11)8(2)6-7-10(3)4/h8H,5-7H2,1-4H3. The maximum atomic E-state index is 11.1. The van der Waals surface area contributed by atoms with Gasteiger partial charge in [0, 0.05) is 0 Å². The van der Waals surface area contributed by atoms with E-state index in [0.29, 0.717) is 6.61 Å². The number of rotatable bonds is 5. The summed E-state index contributed by atoms with van der Waals surface area (Å²) in [6.07, 6.45) is 0.867. The Morgan fingerprint density at radius 3 is 2.50 bits per heavy atom. The Kier molecular flexibility index (Phi) is 5.72. The van der Waals surface area contributed by atoms with Gasteiger partial charge in [0.1, 0.15) is 0 Å². The van der Waals surface area contributed by atoms with Crippen molar-refractivity contribution in [3.63, 3.8) is 0 Å². The van der Waals surface area contributed by atoms with E-state index >= 15 is 0 Å². The van der Waals surface area contributed by atoms with Crippen molar-refractivity contribution in [2.75, 3.05) is 27.2 Å². The van der Waals surface area contributed by atoms with Crippen molar-refractivity contribution in [3.05, 3.63) is 0 Å². The maximum absolute atomic E-state index is 11.1. The third-order valence-electron chi connectivity index (χ3n) is 1.70. The zero-order valence-corrected chi connectivity index (χ0v) is 8.46. The van der Waals surface area contributed by atoms with Crippen LogP contribution in [0.15, 0.2) is 0 Å².